The Bertz CT molecular complexity index is 854. The van der Waals surface area contributed by atoms with E-state index in [0.29, 0.717) is 0 Å². The number of carbonyl (C=O) groups excluding carboxylic acids is 1. The Morgan fingerprint density at radius 1 is 1.48 bits per heavy atom. The van der Waals surface area contributed by atoms with Crippen molar-refractivity contribution in [2.75, 3.05) is 13.7 Å². The number of ether oxygens (including phenoxy) is 2. The van der Waals surface area contributed by atoms with Crippen molar-refractivity contribution in [2.24, 2.45) is 0 Å². The summed E-state index contributed by atoms with van der Waals surface area (Å²) in [4.78, 5) is 24.6. The van der Waals surface area contributed by atoms with Gasteiger partial charge in [-0.25, -0.2) is 4.79 Å². The van der Waals surface area contributed by atoms with E-state index in [0.717, 1.165) is 18.9 Å². The minimum atomic E-state index is -0.933. The third-order valence-electron chi connectivity index (χ3n) is 3.83. The van der Waals surface area contributed by atoms with E-state index in [9.17, 15) is 19.1 Å². The number of carbonyl (C=O) groups is 1. The molecule has 0 amide bonds. The summed E-state index contributed by atoms with van der Waals surface area (Å²) in [5.74, 6) is -2.58. The lowest BCUT2D eigenvalue weighted by molar-refractivity contribution is 0.0524. The predicted octanol–water partition coefficient (Wildman–Crippen LogP) is 2.37. The van der Waals surface area contributed by atoms with Gasteiger partial charge >= 0.3 is 5.97 Å². The molecule has 2 aromatic rings. The molecule has 0 spiro atoms. The fourth-order valence-electron chi connectivity index (χ4n) is 2.63. The van der Waals surface area contributed by atoms with Gasteiger partial charge in [-0.3, -0.25) is 4.79 Å². The number of hydrogen-bond acceptors (Lipinski definition) is 5. The van der Waals surface area contributed by atoms with Crippen LogP contribution in [0, 0.1) is 5.82 Å². The molecule has 0 unspecified atom stereocenters. The molecule has 1 aliphatic rings. The van der Waals surface area contributed by atoms with Crippen molar-refractivity contribution in [1.82, 2.24) is 4.57 Å². The van der Waals surface area contributed by atoms with E-state index in [-0.39, 0.29) is 34.9 Å². The van der Waals surface area contributed by atoms with Gasteiger partial charge in [-0.15, -0.1) is 0 Å². The van der Waals surface area contributed by atoms with Gasteiger partial charge in [0.25, 0.3) is 0 Å². The second kappa shape index (κ2) is 5.57. The SMILES string of the molecule is CCOC(=O)c1cn(C2CC2)c2c(OC)c(F)c(O)cc2c1=O. The number of esters is 1. The molecule has 3 rings (SSSR count). The first-order chi connectivity index (χ1) is 11.0. The van der Waals surface area contributed by atoms with Crippen LogP contribution >= 0.6 is 0 Å². The molecule has 7 heteroatoms. The maximum Gasteiger partial charge on any atom is 0.343 e. The number of aromatic hydroxyl groups is 1. The molecule has 1 fully saturated rings. The highest BCUT2D eigenvalue weighted by atomic mass is 19.1. The van der Waals surface area contributed by atoms with Crippen LogP contribution in [0.15, 0.2) is 17.1 Å². The molecule has 0 bridgehead atoms. The minimum absolute atomic E-state index is 0.0261. The first-order valence-electron chi connectivity index (χ1n) is 7.31. The number of rotatable bonds is 4. The molecule has 1 saturated carbocycles. The van der Waals surface area contributed by atoms with Crippen molar-refractivity contribution < 1.29 is 23.8 Å². The number of nitrogens with zero attached hydrogens (tertiary/aromatic N) is 1. The van der Waals surface area contributed by atoms with Crippen molar-refractivity contribution in [1.29, 1.82) is 0 Å². The summed E-state index contributed by atoms with van der Waals surface area (Å²) < 4.78 is 25.7. The van der Waals surface area contributed by atoms with Gasteiger partial charge in [0.05, 0.1) is 24.6 Å². The largest absolute Gasteiger partial charge is 0.505 e. The minimum Gasteiger partial charge on any atom is -0.505 e. The van der Waals surface area contributed by atoms with Crippen LogP contribution in [0.2, 0.25) is 0 Å². The Morgan fingerprint density at radius 2 is 2.17 bits per heavy atom. The molecule has 1 N–H and O–H groups in total. The third-order valence-corrected chi connectivity index (χ3v) is 3.83. The van der Waals surface area contributed by atoms with Crippen LogP contribution < -0.4 is 10.2 Å². The summed E-state index contributed by atoms with van der Waals surface area (Å²) in [6.07, 6.45) is 3.09. The Balaban J connectivity index is 2.40. The second-order valence-corrected chi connectivity index (χ2v) is 5.37. The lowest BCUT2D eigenvalue weighted by atomic mass is 10.1. The van der Waals surface area contributed by atoms with E-state index >= 15 is 0 Å². The van der Waals surface area contributed by atoms with Crippen LogP contribution in [-0.4, -0.2) is 29.4 Å². The van der Waals surface area contributed by atoms with Crippen LogP contribution in [0.4, 0.5) is 4.39 Å². The number of halogens is 1. The molecule has 0 atom stereocenters. The first-order valence-corrected chi connectivity index (χ1v) is 7.31. The number of phenols is 1. The van der Waals surface area contributed by atoms with Crippen molar-refractivity contribution in [2.45, 2.75) is 25.8 Å². The normalized spacial score (nSPS) is 14.0. The van der Waals surface area contributed by atoms with Gasteiger partial charge in [0.2, 0.25) is 11.2 Å². The monoisotopic (exact) mass is 321 g/mol. The molecule has 6 nitrogen and oxygen atoms in total. The maximum absolute atomic E-state index is 14.1. The number of hydrogen-bond donors (Lipinski definition) is 1. The number of methoxy groups -OCH3 is 1. The van der Waals surface area contributed by atoms with Gasteiger partial charge in [-0.2, -0.15) is 4.39 Å². The van der Waals surface area contributed by atoms with E-state index in [1.807, 2.05) is 0 Å². The average Bonchev–Trinajstić information content (AvgIpc) is 3.35. The molecule has 23 heavy (non-hydrogen) atoms. The van der Waals surface area contributed by atoms with E-state index in [1.54, 1.807) is 11.5 Å². The number of phenolic OH excluding ortho intramolecular Hbond substituents is 1. The Morgan fingerprint density at radius 3 is 2.74 bits per heavy atom. The average molecular weight is 321 g/mol. The summed E-state index contributed by atoms with van der Waals surface area (Å²) in [5, 5.41) is 9.74. The van der Waals surface area contributed by atoms with Crippen LogP contribution in [0.1, 0.15) is 36.2 Å². The maximum atomic E-state index is 14.1. The zero-order valence-corrected chi connectivity index (χ0v) is 12.8. The summed E-state index contributed by atoms with van der Waals surface area (Å²) in [5.41, 5.74) is -0.522. The highest BCUT2D eigenvalue weighted by Gasteiger charge is 2.30. The number of benzene rings is 1. The van der Waals surface area contributed by atoms with Crippen LogP contribution in [0.25, 0.3) is 10.9 Å². The number of pyridine rings is 1. The zero-order valence-electron chi connectivity index (χ0n) is 12.8. The van der Waals surface area contributed by atoms with Gasteiger partial charge in [0.15, 0.2) is 11.5 Å². The second-order valence-electron chi connectivity index (χ2n) is 5.37. The summed E-state index contributed by atoms with van der Waals surface area (Å²) in [6, 6.07) is 1.08. The van der Waals surface area contributed by atoms with Crippen molar-refractivity contribution >= 4 is 16.9 Å². The van der Waals surface area contributed by atoms with E-state index < -0.39 is 23.0 Å². The molecular formula is C16H16FNO5. The van der Waals surface area contributed by atoms with E-state index in [2.05, 4.69) is 0 Å². The fourth-order valence-corrected chi connectivity index (χ4v) is 2.63. The van der Waals surface area contributed by atoms with Gasteiger partial charge in [0, 0.05) is 12.2 Å². The van der Waals surface area contributed by atoms with Crippen LogP contribution in [0.5, 0.6) is 11.5 Å². The highest BCUT2D eigenvalue weighted by molar-refractivity contribution is 5.96. The third kappa shape index (κ3) is 2.42. The lowest BCUT2D eigenvalue weighted by Gasteiger charge is -2.16. The quantitative estimate of drug-likeness (QED) is 0.875. The number of aromatic nitrogens is 1. The Hall–Kier alpha value is -2.57. The molecular weight excluding hydrogens is 305 g/mol. The standard InChI is InChI=1S/C16H16FNO5/c1-3-23-16(21)10-7-18(8-4-5-8)13-9(14(10)20)6-11(19)12(17)15(13)22-2/h6-8,19H,3-5H2,1-2H3. The molecule has 1 aromatic carbocycles. The van der Waals surface area contributed by atoms with Gasteiger partial charge in [0.1, 0.15) is 5.56 Å². The van der Waals surface area contributed by atoms with Crippen LogP contribution in [0.3, 0.4) is 0 Å². The highest BCUT2D eigenvalue weighted by Crippen LogP contribution is 2.41. The van der Waals surface area contributed by atoms with Gasteiger partial charge in [-0.05, 0) is 25.8 Å². The Labute approximate surface area is 131 Å². The molecule has 122 valence electrons. The fraction of sp³-hybridized carbons (Fsp3) is 0.375. The summed E-state index contributed by atoms with van der Waals surface area (Å²) in [6.45, 7) is 1.78. The summed E-state index contributed by atoms with van der Waals surface area (Å²) >= 11 is 0. The Kier molecular flexibility index (Phi) is 3.71. The van der Waals surface area contributed by atoms with Crippen LogP contribution in [-0.2, 0) is 4.74 Å². The lowest BCUT2D eigenvalue weighted by Crippen LogP contribution is -2.21. The van der Waals surface area contributed by atoms with E-state index in [1.165, 1.54) is 13.3 Å². The zero-order chi connectivity index (χ0) is 16.7. The molecule has 1 heterocycles. The molecule has 0 radical (unpaired) electrons. The first kappa shape index (κ1) is 15.3. The predicted molar refractivity (Wildman–Crippen MR) is 80.6 cm³/mol. The number of fused-ring (bicyclic) bond motifs is 1. The van der Waals surface area contributed by atoms with Gasteiger partial charge < -0.3 is 19.1 Å². The molecule has 0 saturated heterocycles. The van der Waals surface area contributed by atoms with Gasteiger partial charge in [-0.1, -0.05) is 0 Å². The molecule has 0 aliphatic heterocycles. The topological polar surface area (TPSA) is 77.8 Å². The smallest absolute Gasteiger partial charge is 0.343 e. The van der Waals surface area contributed by atoms with Crippen molar-refractivity contribution in [3.05, 3.63) is 33.9 Å². The van der Waals surface area contributed by atoms with Crippen molar-refractivity contribution in [3.63, 3.8) is 0 Å². The molecule has 1 aliphatic carbocycles. The molecule has 1 aromatic heterocycles. The van der Waals surface area contributed by atoms with E-state index in [4.69, 9.17) is 9.47 Å². The van der Waals surface area contributed by atoms with Crippen molar-refractivity contribution in [3.8, 4) is 11.5 Å². The summed E-state index contributed by atoms with van der Waals surface area (Å²) in [7, 11) is 1.26.